The molecule has 1 aromatic rings. The van der Waals surface area contributed by atoms with Crippen LogP contribution in [0.2, 0.25) is 5.02 Å². The number of nitrogens with zero attached hydrogens (tertiary/aromatic N) is 1. The first-order chi connectivity index (χ1) is 11.7. The number of sulfonamides is 1. The van der Waals surface area contributed by atoms with Gasteiger partial charge in [0.15, 0.2) is 0 Å². The molecule has 0 atom stereocenters. The summed E-state index contributed by atoms with van der Waals surface area (Å²) in [7, 11) is -3.30. The van der Waals surface area contributed by atoms with E-state index in [1.54, 1.807) is 6.07 Å². The number of benzene rings is 1. The molecular formula is C16H22ClN3O4S. The molecule has 0 aromatic heterocycles. The summed E-state index contributed by atoms with van der Waals surface area (Å²) in [5, 5.41) is 5.14. The molecule has 0 unspecified atom stereocenters. The number of halogens is 1. The predicted octanol–water partition coefficient (Wildman–Crippen LogP) is 1.98. The van der Waals surface area contributed by atoms with Crippen molar-refractivity contribution in [1.82, 2.24) is 5.32 Å². The van der Waals surface area contributed by atoms with Crippen LogP contribution in [0.3, 0.4) is 0 Å². The minimum atomic E-state index is -3.30. The lowest BCUT2D eigenvalue weighted by molar-refractivity contribution is -0.136. The standard InChI is InChI=1S/C16H22ClN3O4S/c1-11(2)6-7-18-15(21)16(22)19-14-5-4-12(10-13(14)17)20-8-3-9-25(20,23)24/h4-5,10-11H,3,6-9H2,1-2H3,(H,18,21)(H,19,22). The molecule has 1 aliphatic rings. The molecule has 1 fully saturated rings. The average molecular weight is 388 g/mol. The van der Waals surface area contributed by atoms with Gasteiger partial charge in [-0.15, -0.1) is 0 Å². The van der Waals surface area contributed by atoms with Gasteiger partial charge in [-0.05, 0) is 37.0 Å². The lowest BCUT2D eigenvalue weighted by Crippen LogP contribution is -2.36. The van der Waals surface area contributed by atoms with Gasteiger partial charge in [0.05, 0.1) is 22.2 Å². The highest BCUT2D eigenvalue weighted by Gasteiger charge is 2.28. The highest BCUT2D eigenvalue weighted by Crippen LogP contribution is 2.31. The Labute approximate surface area is 152 Å². The zero-order valence-corrected chi connectivity index (χ0v) is 15.8. The summed E-state index contributed by atoms with van der Waals surface area (Å²) in [6.07, 6.45) is 1.34. The summed E-state index contributed by atoms with van der Waals surface area (Å²) in [6.45, 7) is 4.87. The molecule has 1 saturated heterocycles. The number of nitrogens with one attached hydrogen (secondary N) is 2. The smallest absolute Gasteiger partial charge is 0.313 e. The van der Waals surface area contributed by atoms with Crippen LogP contribution in [0.25, 0.3) is 0 Å². The van der Waals surface area contributed by atoms with E-state index < -0.39 is 21.8 Å². The van der Waals surface area contributed by atoms with Gasteiger partial charge in [0.25, 0.3) is 0 Å². The molecule has 1 aliphatic heterocycles. The van der Waals surface area contributed by atoms with E-state index >= 15 is 0 Å². The summed E-state index contributed by atoms with van der Waals surface area (Å²) < 4.78 is 25.2. The number of hydrogen-bond acceptors (Lipinski definition) is 4. The van der Waals surface area contributed by atoms with Crippen LogP contribution in [0, 0.1) is 5.92 Å². The van der Waals surface area contributed by atoms with E-state index in [1.807, 2.05) is 13.8 Å². The Morgan fingerprint density at radius 3 is 2.56 bits per heavy atom. The fourth-order valence-electron chi connectivity index (χ4n) is 2.42. The second-order valence-corrected chi connectivity index (χ2v) is 8.72. The van der Waals surface area contributed by atoms with Crippen LogP contribution in [-0.4, -0.2) is 39.1 Å². The molecule has 0 saturated carbocycles. The van der Waals surface area contributed by atoms with Gasteiger partial charge in [0.1, 0.15) is 0 Å². The maximum atomic E-state index is 11.9. The quantitative estimate of drug-likeness (QED) is 0.755. The van der Waals surface area contributed by atoms with Crippen LogP contribution >= 0.6 is 11.6 Å². The monoisotopic (exact) mass is 387 g/mol. The molecule has 138 valence electrons. The summed E-state index contributed by atoms with van der Waals surface area (Å²) in [4.78, 5) is 23.6. The van der Waals surface area contributed by atoms with Gasteiger partial charge >= 0.3 is 11.8 Å². The minimum Gasteiger partial charge on any atom is -0.348 e. The van der Waals surface area contributed by atoms with E-state index in [2.05, 4.69) is 10.6 Å². The average Bonchev–Trinajstić information content (AvgIpc) is 2.88. The van der Waals surface area contributed by atoms with Crippen molar-refractivity contribution in [3.8, 4) is 0 Å². The highest BCUT2D eigenvalue weighted by atomic mass is 35.5. The number of carbonyl (C=O) groups is 2. The normalized spacial score (nSPS) is 16.1. The third-order valence-electron chi connectivity index (χ3n) is 3.80. The maximum absolute atomic E-state index is 11.9. The number of rotatable bonds is 5. The van der Waals surface area contributed by atoms with Crippen LogP contribution in [0.5, 0.6) is 0 Å². The molecule has 9 heteroatoms. The van der Waals surface area contributed by atoms with Crippen molar-refractivity contribution in [3.63, 3.8) is 0 Å². The van der Waals surface area contributed by atoms with Crippen molar-refractivity contribution < 1.29 is 18.0 Å². The Morgan fingerprint density at radius 2 is 2.00 bits per heavy atom. The summed E-state index contributed by atoms with van der Waals surface area (Å²) in [6, 6.07) is 4.52. The molecule has 0 aliphatic carbocycles. The molecule has 2 amide bonds. The molecule has 0 bridgehead atoms. The molecule has 25 heavy (non-hydrogen) atoms. The first kappa shape index (κ1) is 19.5. The maximum Gasteiger partial charge on any atom is 0.313 e. The zero-order chi connectivity index (χ0) is 18.6. The van der Waals surface area contributed by atoms with Crippen molar-refractivity contribution in [2.24, 2.45) is 5.92 Å². The van der Waals surface area contributed by atoms with E-state index in [0.29, 0.717) is 31.1 Å². The molecule has 1 aromatic carbocycles. The number of anilines is 2. The van der Waals surface area contributed by atoms with Crippen molar-refractivity contribution in [2.45, 2.75) is 26.7 Å². The van der Waals surface area contributed by atoms with Crippen molar-refractivity contribution in [3.05, 3.63) is 23.2 Å². The van der Waals surface area contributed by atoms with Gasteiger partial charge in [-0.1, -0.05) is 25.4 Å². The van der Waals surface area contributed by atoms with Gasteiger partial charge in [-0.25, -0.2) is 8.42 Å². The summed E-state index contributed by atoms with van der Waals surface area (Å²) in [5.74, 6) is -1.01. The van der Waals surface area contributed by atoms with E-state index in [4.69, 9.17) is 11.6 Å². The van der Waals surface area contributed by atoms with Crippen LogP contribution in [0.15, 0.2) is 18.2 Å². The molecule has 2 N–H and O–H groups in total. The van der Waals surface area contributed by atoms with Crippen molar-refractivity contribution >= 4 is 44.8 Å². The van der Waals surface area contributed by atoms with Crippen LogP contribution in [-0.2, 0) is 19.6 Å². The van der Waals surface area contributed by atoms with Gasteiger partial charge in [-0.3, -0.25) is 13.9 Å². The third-order valence-corrected chi connectivity index (χ3v) is 5.98. The first-order valence-corrected chi connectivity index (χ1v) is 10.1. The van der Waals surface area contributed by atoms with E-state index in [9.17, 15) is 18.0 Å². The van der Waals surface area contributed by atoms with Crippen molar-refractivity contribution in [2.75, 3.05) is 28.5 Å². The minimum absolute atomic E-state index is 0.111. The molecule has 2 rings (SSSR count). The predicted molar refractivity (Wildman–Crippen MR) is 98.3 cm³/mol. The van der Waals surface area contributed by atoms with E-state index in [-0.39, 0.29) is 16.5 Å². The van der Waals surface area contributed by atoms with Gasteiger partial charge in [0, 0.05) is 13.1 Å². The Morgan fingerprint density at radius 1 is 1.28 bits per heavy atom. The summed E-state index contributed by atoms with van der Waals surface area (Å²) >= 11 is 6.13. The Hall–Kier alpha value is -1.80. The molecule has 0 radical (unpaired) electrons. The topological polar surface area (TPSA) is 95.6 Å². The Kier molecular flexibility index (Phi) is 6.29. The number of hydrogen-bond donors (Lipinski definition) is 2. The van der Waals surface area contributed by atoms with Crippen LogP contribution in [0.1, 0.15) is 26.7 Å². The van der Waals surface area contributed by atoms with Gasteiger partial charge in [-0.2, -0.15) is 0 Å². The van der Waals surface area contributed by atoms with Gasteiger partial charge in [0.2, 0.25) is 10.0 Å². The number of carbonyl (C=O) groups excluding carboxylic acids is 2. The van der Waals surface area contributed by atoms with Crippen LogP contribution < -0.4 is 14.9 Å². The lowest BCUT2D eigenvalue weighted by Gasteiger charge is -2.18. The lowest BCUT2D eigenvalue weighted by atomic mass is 10.1. The third kappa shape index (κ3) is 5.09. The zero-order valence-electron chi connectivity index (χ0n) is 14.2. The molecule has 7 nitrogen and oxygen atoms in total. The largest absolute Gasteiger partial charge is 0.348 e. The van der Waals surface area contributed by atoms with Crippen molar-refractivity contribution in [1.29, 1.82) is 0 Å². The second kappa shape index (κ2) is 8.05. The SMILES string of the molecule is CC(C)CCNC(=O)C(=O)Nc1ccc(N2CCCS2(=O)=O)cc1Cl. The number of amides is 2. The summed E-state index contributed by atoms with van der Waals surface area (Å²) in [5.41, 5.74) is 0.702. The molecule has 1 heterocycles. The Bertz CT molecular complexity index is 765. The highest BCUT2D eigenvalue weighted by molar-refractivity contribution is 7.93. The second-order valence-electron chi connectivity index (χ2n) is 6.30. The fraction of sp³-hybridized carbons (Fsp3) is 0.500. The molecule has 0 spiro atoms. The Balaban J connectivity index is 2.01. The van der Waals surface area contributed by atoms with Gasteiger partial charge < -0.3 is 10.6 Å². The van der Waals surface area contributed by atoms with E-state index in [1.165, 1.54) is 16.4 Å². The van der Waals surface area contributed by atoms with Crippen LogP contribution in [0.4, 0.5) is 11.4 Å². The first-order valence-electron chi connectivity index (χ1n) is 8.10. The molecular weight excluding hydrogens is 366 g/mol. The van der Waals surface area contributed by atoms with E-state index in [0.717, 1.165) is 6.42 Å². The fourth-order valence-corrected chi connectivity index (χ4v) is 4.20.